The maximum Gasteiger partial charge on any atom is 0.495 e. The molecule has 0 atom stereocenters. The summed E-state index contributed by atoms with van der Waals surface area (Å²) in [4.78, 5) is 0. The summed E-state index contributed by atoms with van der Waals surface area (Å²) in [6.45, 7) is 13.4. The highest BCUT2D eigenvalue weighted by atomic mass is 28.3. The summed E-state index contributed by atoms with van der Waals surface area (Å²) in [7, 11) is -2.23. The largest absolute Gasteiger partial charge is 0.495 e. The molecule has 0 spiro atoms. The van der Waals surface area contributed by atoms with Gasteiger partial charge in [0.25, 0.3) is 0 Å². The van der Waals surface area contributed by atoms with E-state index in [0.717, 1.165) is 5.46 Å². The van der Waals surface area contributed by atoms with Crippen LogP contribution in [0.25, 0.3) is 22.3 Å². The smallest absolute Gasteiger partial charge is 0.399 e. The first kappa shape index (κ1) is 19.8. The van der Waals surface area contributed by atoms with Gasteiger partial charge in [0.1, 0.15) is 8.07 Å². The van der Waals surface area contributed by atoms with Gasteiger partial charge in [0.15, 0.2) is 0 Å². The summed E-state index contributed by atoms with van der Waals surface area (Å²) in [6.07, 6.45) is 0. The van der Waals surface area contributed by atoms with Gasteiger partial charge in [-0.05, 0) is 65.8 Å². The molecule has 0 N–H and O–H groups in total. The predicted molar refractivity (Wildman–Crippen MR) is 130 cm³/mol. The Morgan fingerprint density at radius 3 is 1.97 bits per heavy atom. The lowest BCUT2D eigenvalue weighted by molar-refractivity contribution is 0.00578. The highest BCUT2D eigenvalue weighted by molar-refractivity contribution is 7.05. The SMILES string of the molecule is CC1(C)OB(c2ccc(-c3ccccc3)c3c2-c2ccccc2[Si]3(C)C)OC1(C)C. The van der Waals surface area contributed by atoms with Gasteiger partial charge in [-0.3, -0.25) is 0 Å². The first-order chi connectivity index (χ1) is 14.1. The Bertz CT molecular complexity index is 1120. The van der Waals surface area contributed by atoms with Crippen LogP contribution in [0.15, 0.2) is 66.7 Å². The molecule has 0 radical (unpaired) electrons. The van der Waals surface area contributed by atoms with E-state index in [2.05, 4.69) is 108 Å². The van der Waals surface area contributed by atoms with Crippen LogP contribution in [0.3, 0.4) is 0 Å². The van der Waals surface area contributed by atoms with Crippen LogP contribution in [0.1, 0.15) is 27.7 Å². The Morgan fingerprint density at radius 2 is 1.30 bits per heavy atom. The molecule has 2 aliphatic heterocycles. The topological polar surface area (TPSA) is 18.5 Å². The van der Waals surface area contributed by atoms with Crippen molar-refractivity contribution in [2.24, 2.45) is 0 Å². The molecule has 30 heavy (non-hydrogen) atoms. The van der Waals surface area contributed by atoms with Crippen molar-refractivity contribution in [1.82, 2.24) is 0 Å². The molecule has 3 aromatic carbocycles. The lowest BCUT2D eigenvalue weighted by Crippen LogP contribution is -2.51. The van der Waals surface area contributed by atoms with Gasteiger partial charge < -0.3 is 9.31 Å². The molecule has 0 aromatic heterocycles. The zero-order chi connectivity index (χ0) is 21.3. The van der Waals surface area contributed by atoms with E-state index >= 15 is 0 Å². The molecule has 152 valence electrons. The Kier molecular flexibility index (Phi) is 4.24. The van der Waals surface area contributed by atoms with E-state index in [1.807, 2.05) is 0 Å². The highest BCUT2D eigenvalue weighted by Gasteiger charge is 2.53. The van der Waals surface area contributed by atoms with E-state index in [4.69, 9.17) is 9.31 Å². The van der Waals surface area contributed by atoms with Crippen molar-refractivity contribution in [1.29, 1.82) is 0 Å². The molecule has 1 saturated heterocycles. The van der Waals surface area contributed by atoms with Crippen molar-refractivity contribution in [2.75, 3.05) is 0 Å². The van der Waals surface area contributed by atoms with E-state index in [1.165, 1.54) is 32.6 Å². The molecule has 5 rings (SSSR count). The van der Waals surface area contributed by atoms with E-state index in [1.54, 1.807) is 0 Å². The number of benzene rings is 3. The number of fused-ring (bicyclic) bond motifs is 3. The van der Waals surface area contributed by atoms with Crippen LogP contribution >= 0.6 is 0 Å². The van der Waals surface area contributed by atoms with E-state index in [-0.39, 0.29) is 18.3 Å². The average Bonchev–Trinajstić information content (AvgIpc) is 3.08. The summed E-state index contributed by atoms with van der Waals surface area (Å²) < 4.78 is 13.0. The second-order valence-corrected chi connectivity index (χ2v) is 14.4. The minimum Gasteiger partial charge on any atom is -0.399 e. The van der Waals surface area contributed by atoms with Crippen molar-refractivity contribution in [3.05, 3.63) is 66.7 Å². The van der Waals surface area contributed by atoms with Crippen molar-refractivity contribution in [3.63, 3.8) is 0 Å². The number of hydrogen-bond donors (Lipinski definition) is 0. The molecule has 2 nitrogen and oxygen atoms in total. The monoisotopic (exact) mass is 412 g/mol. The van der Waals surface area contributed by atoms with Crippen molar-refractivity contribution < 1.29 is 9.31 Å². The highest BCUT2D eigenvalue weighted by Crippen LogP contribution is 2.39. The molecule has 2 aliphatic rings. The number of hydrogen-bond acceptors (Lipinski definition) is 2. The first-order valence-electron chi connectivity index (χ1n) is 10.8. The summed E-state index contributed by atoms with van der Waals surface area (Å²) in [5.41, 5.74) is 5.77. The summed E-state index contributed by atoms with van der Waals surface area (Å²) in [6, 6.07) is 24.2. The van der Waals surface area contributed by atoms with Crippen LogP contribution in [0.4, 0.5) is 0 Å². The standard InChI is InChI=1S/C26H29BO2Si/c1-25(2)26(3,4)29-27(28-25)21-17-16-19(18-12-8-7-9-13-18)24-23(21)20-14-10-11-15-22(20)30(24,5)6/h7-17H,1-6H3. The van der Waals surface area contributed by atoms with E-state index in [9.17, 15) is 0 Å². The molecule has 3 aromatic rings. The van der Waals surface area contributed by atoms with Crippen LogP contribution < -0.4 is 15.8 Å². The van der Waals surface area contributed by atoms with Gasteiger partial charge in [0.2, 0.25) is 0 Å². The summed E-state index contributed by atoms with van der Waals surface area (Å²) in [5.74, 6) is 0. The Balaban J connectivity index is 1.79. The molecular formula is C26H29BO2Si. The van der Waals surface area contributed by atoms with E-state index < -0.39 is 8.07 Å². The summed E-state index contributed by atoms with van der Waals surface area (Å²) >= 11 is 0. The molecule has 0 aliphatic carbocycles. The molecule has 0 saturated carbocycles. The normalized spacial score (nSPS) is 20.1. The van der Waals surface area contributed by atoms with Gasteiger partial charge in [0.05, 0.1) is 11.2 Å². The molecule has 0 amide bonds. The molecule has 0 bridgehead atoms. The van der Waals surface area contributed by atoms with Crippen molar-refractivity contribution in [3.8, 4) is 22.3 Å². The van der Waals surface area contributed by atoms with Crippen LogP contribution in [0.2, 0.25) is 13.1 Å². The molecule has 2 heterocycles. The fraction of sp³-hybridized carbons (Fsp3) is 0.308. The fourth-order valence-electron chi connectivity index (χ4n) is 4.96. The Hall–Kier alpha value is -2.14. The number of rotatable bonds is 2. The van der Waals surface area contributed by atoms with E-state index in [0.29, 0.717) is 0 Å². The third-order valence-corrected chi connectivity index (χ3v) is 10.9. The van der Waals surface area contributed by atoms with Crippen molar-refractivity contribution >= 4 is 31.0 Å². The third-order valence-electron chi connectivity index (χ3n) is 7.32. The summed E-state index contributed by atoms with van der Waals surface area (Å²) in [5, 5.41) is 3.00. The zero-order valence-electron chi connectivity index (χ0n) is 18.7. The minimum atomic E-state index is -1.87. The van der Waals surface area contributed by atoms with Gasteiger partial charge in [-0.2, -0.15) is 0 Å². The third kappa shape index (κ3) is 2.71. The molecule has 1 fully saturated rings. The van der Waals surface area contributed by atoms with Gasteiger partial charge in [-0.1, -0.05) is 79.8 Å². The lowest BCUT2D eigenvalue weighted by atomic mass is 9.73. The maximum absolute atomic E-state index is 6.50. The van der Waals surface area contributed by atoms with Gasteiger partial charge in [-0.25, -0.2) is 0 Å². The average molecular weight is 412 g/mol. The predicted octanol–water partition coefficient (Wildman–Crippen LogP) is 4.46. The second kappa shape index (κ2) is 6.43. The Labute approximate surface area is 181 Å². The molecular weight excluding hydrogens is 383 g/mol. The van der Waals surface area contributed by atoms with Gasteiger partial charge >= 0.3 is 7.12 Å². The second-order valence-electron chi connectivity index (χ2n) is 10.1. The molecule has 4 heteroatoms. The van der Waals surface area contributed by atoms with Crippen molar-refractivity contribution in [2.45, 2.75) is 52.0 Å². The zero-order valence-corrected chi connectivity index (χ0v) is 19.7. The van der Waals surface area contributed by atoms with Crippen LogP contribution in [0.5, 0.6) is 0 Å². The lowest BCUT2D eigenvalue weighted by Gasteiger charge is -2.32. The van der Waals surface area contributed by atoms with Crippen LogP contribution in [-0.4, -0.2) is 26.4 Å². The quantitative estimate of drug-likeness (QED) is 0.579. The minimum absolute atomic E-state index is 0.353. The fourth-order valence-corrected chi connectivity index (χ4v) is 8.43. The van der Waals surface area contributed by atoms with Crippen LogP contribution in [-0.2, 0) is 9.31 Å². The Morgan fingerprint density at radius 1 is 0.700 bits per heavy atom. The first-order valence-corrected chi connectivity index (χ1v) is 13.8. The maximum atomic E-state index is 6.50. The molecule has 0 unspecified atom stereocenters. The van der Waals surface area contributed by atoms with Gasteiger partial charge in [-0.15, -0.1) is 0 Å². The van der Waals surface area contributed by atoms with Gasteiger partial charge in [0, 0.05) is 0 Å². The van der Waals surface area contributed by atoms with Crippen LogP contribution in [0, 0.1) is 0 Å².